The fraction of sp³-hybridized carbons (Fsp3) is 0.400. The quantitative estimate of drug-likeness (QED) is 0.611. The first kappa shape index (κ1) is 7.62. The normalized spacial score (nSPS) is 27.5. The SMILES string of the molecule is CC1CNc2ccccc2C1O. The zero-order valence-electron chi connectivity index (χ0n) is 7.12. The van der Waals surface area contributed by atoms with Gasteiger partial charge in [-0.25, -0.2) is 0 Å². The second kappa shape index (κ2) is 2.79. The molecule has 0 bridgehead atoms. The van der Waals surface area contributed by atoms with Crippen molar-refractivity contribution in [3.63, 3.8) is 0 Å². The van der Waals surface area contributed by atoms with E-state index in [4.69, 9.17) is 0 Å². The third-order valence-corrected chi connectivity index (χ3v) is 2.43. The molecule has 0 aromatic heterocycles. The summed E-state index contributed by atoms with van der Waals surface area (Å²) in [4.78, 5) is 0. The first-order valence-electron chi connectivity index (χ1n) is 4.30. The molecule has 0 saturated carbocycles. The zero-order valence-corrected chi connectivity index (χ0v) is 7.12. The van der Waals surface area contributed by atoms with E-state index in [0.29, 0.717) is 5.92 Å². The second-order valence-corrected chi connectivity index (χ2v) is 3.39. The number of rotatable bonds is 0. The minimum Gasteiger partial charge on any atom is -0.388 e. The van der Waals surface area contributed by atoms with Crippen LogP contribution in [-0.2, 0) is 0 Å². The van der Waals surface area contributed by atoms with Gasteiger partial charge in [0, 0.05) is 23.7 Å². The number of benzene rings is 1. The van der Waals surface area contributed by atoms with Gasteiger partial charge in [0.05, 0.1) is 6.10 Å². The first-order chi connectivity index (χ1) is 5.79. The van der Waals surface area contributed by atoms with E-state index < -0.39 is 0 Å². The lowest BCUT2D eigenvalue weighted by molar-refractivity contribution is 0.120. The van der Waals surface area contributed by atoms with Crippen LogP contribution < -0.4 is 5.32 Å². The smallest absolute Gasteiger partial charge is 0.0852 e. The number of fused-ring (bicyclic) bond motifs is 1. The zero-order chi connectivity index (χ0) is 8.55. The summed E-state index contributed by atoms with van der Waals surface area (Å²) in [6.45, 7) is 2.91. The molecule has 2 heteroatoms. The van der Waals surface area contributed by atoms with Crippen LogP contribution in [0.5, 0.6) is 0 Å². The highest BCUT2D eigenvalue weighted by molar-refractivity contribution is 5.54. The molecule has 1 heterocycles. The number of para-hydroxylation sites is 1. The third-order valence-electron chi connectivity index (χ3n) is 2.43. The molecule has 0 amide bonds. The molecule has 2 atom stereocenters. The molecule has 2 N–H and O–H groups in total. The number of hydrogen-bond acceptors (Lipinski definition) is 2. The van der Waals surface area contributed by atoms with E-state index in [9.17, 15) is 5.11 Å². The number of anilines is 1. The van der Waals surface area contributed by atoms with E-state index in [2.05, 4.69) is 5.32 Å². The van der Waals surface area contributed by atoms with Crippen LogP contribution in [0.4, 0.5) is 5.69 Å². The van der Waals surface area contributed by atoms with Gasteiger partial charge in [-0.3, -0.25) is 0 Å². The summed E-state index contributed by atoms with van der Waals surface area (Å²) < 4.78 is 0. The molecule has 64 valence electrons. The van der Waals surface area contributed by atoms with Crippen LogP contribution in [-0.4, -0.2) is 11.7 Å². The molecular weight excluding hydrogens is 150 g/mol. The molecule has 0 spiro atoms. The fourth-order valence-corrected chi connectivity index (χ4v) is 1.61. The molecular formula is C10H13NO. The summed E-state index contributed by atoms with van der Waals surface area (Å²) in [5.74, 6) is 0.305. The number of aliphatic hydroxyl groups is 1. The van der Waals surface area contributed by atoms with Crippen molar-refractivity contribution >= 4 is 5.69 Å². The highest BCUT2D eigenvalue weighted by Gasteiger charge is 2.23. The second-order valence-electron chi connectivity index (χ2n) is 3.39. The van der Waals surface area contributed by atoms with Crippen LogP contribution in [0.1, 0.15) is 18.6 Å². The van der Waals surface area contributed by atoms with Crippen LogP contribution in [0.2, 0.25) is 0 Å². The number of hydrogen-bond donors (Lipinski definition) is 2. The van der Waals surface area contributed by atoms with E-state index >= 15 is 0 Å². The average molecular weight is 163 g/mol. The molecule has 1 aliphatic heterocycles. The molecule has 2 unspecified atom stereocenters. The molecule has 2 nitrogen and oxygen atoms in total. The Balaban J connectivity index is 2.42. The van der Waals surface area contributed by atoms with E-state index in [1.807, 2.05) is 31.2 Å². The van der Waals surface area contributed by atoms with Gasteiger partial charge >= 0.3 is 0 Å². The molecule has 0 radical (unpaired) electrons. The van der Waals surface area contributed by atoms with Crippen molar-refractivity contribution < 1.29 is 5.11 Å². The van der Waals surface area contributed by atoms with Gasteiger partial charge in [0.15, 0.2) is 0 Å². The Morgan fingerprint density at radius 2 is 2.17 bits per heavy atom. The van der Waals surface area contributed by atoms with Crippen molar-refractivity contribution in [2.75, 3.05) is 11.9 Å². The largest absolute Gasteiger partial charge is 0.388 e. The Morgan fingerprint density at radius 1 is 1.42 bits per heavy atom. The maximum atomic E-state index is 9.79. The Bertz CT molecular complexity index is 285. The van der Waals surface area contributed by atoms with E-state index in [1.165, 1.54) is 0 Å². The summed E-state index contributed by atoms with van der Waals surface area (Å²) in [5.41, 5.74) is 2.10. The van der Waals surface area contributed by atoms with Gasteiger partial charge in [0.1, 0.15) is 0 Å². The summed E-state index contributed by atoms with van der Waals surface area (Å²) >= 11 is 0. The van der Waals surface area contributed by atoms with Crippen LogP contribution in [0.15, 0.2) is 24.3 Å². The van der Waals surface area contributed by atoms with Crippen LogP contribution in [0.3, 0.4) is 0 Å². The first-order valence-corrected chi connectivity index (χ1v) is 4.30. The van der Waals surface area contributed by atoms with Crippen LogP contribution >= 0.6 is 0 Å². The number of aliphatic hydroxyl groups excluding tert-OH is 1. The number of nitrogens with one attached hydrogen (secondary N) is 1. The highest BCUT2D eigenvalue weighted by Crippen LogP contribution is 2.32. The van der Waals surface area contributed by atoms with Crippen LogP contribution in [0, 0.1) is 5.92 Å². The standard InChI is InChI=1S/C10H13NO/c1-7-6-11-9-5-3-2-4-8(9)10(7)12/h2-5,7,10-12H,6H2,1H3. The Labute approximate surface area is 72.2 Å². The van der Waals surface area contributed by atoms with Gasteiger partial charge in [0.25, 0.3) is 0 Å². The Hall–Kier alpha value is -1.02. The van der Waals surface area contributed by atoms with Gasteiger partial charge in [-0.05, 0) is 6.07 Å². The van der Waals surface area contributed by atoms with E-state index in [0.717, 1.165) is 17.8 Å². The lowest BCUT2D eigenvalue weighted by Crippen LogP contribution is -2.25. The van der Waals surface area contributed by atoms with Crippen molar-refractivity contribution in [1.29, 1.82) is 0 Å². The third kappa shape index (κ3) is 1.08. The predicted octanol–water partition coefficient (Wildman–Crippen LogP) is 1.78. The van der Waals surface area contributed by atoms with Gasteiger partial charge in [-0.2, -0.15) is 0 Å². The van der Waals surface area contributed by atoms with E-state index in [1.54, 1.807) is 0 Å². The molecule has 0 aliphatic carbocycles. The van der Waals surface area contributed by atoms with Crippen molar-refractivity contribution in [1.82, 2.24) is 0 Å². The summed E-state index contributed by atoms with van der Waals surface area (Å²) in [6, 6.07) is 7.92. The summed E-state index contributed by atoms with van der Waals surface area (Å²) in [5, 5.41) is 13.1. The molecule has 12 heavy (non-hydrogen) atoms. The fourth-order valence-electron chi connectivity index (χ4n) is 1.61. The van der Waals surface area contributed by atoms with Crippen molar-refractivity contribution in [3.05, 3.63) is 29.8 Å². The van der Waals surface area contributed by atoms with E-state index in [-0.39, 0.29) is 6.10 Å². The van der Waals surface area contributed by atoms with Gasteiger partial charge in [-0.1, -0.05) is 25.1 Å². The molecule has 0 fully saturated rings. The Morgan fingerprint density at radius 3 is 3.00 bits per heavy atom. The van der Waals surface area contributed by atoms with Crippen molar-refractivity contribution in [2.45, 2.75) is 13.0 Å². The highest BCUT2D eigenvalue weighted by atomic mass is 16.3. The monoisotopic (exact) mass is 163 g/mol. The lowest BCUT2D eigenvalue weighted by atomic mass is 9.92. The summed E-state index contributed by atoms with van der Waals surface area (Å²) in [7, 11) is 0. The maximum Gasteiger partial charge on any atom is 0.0852 e. The van der Waals surface area contributed by atoms with Crippen molar-refractivity contribution in [2.24, 2.45) is 5.92 Å². The molecule has 1 aromatic rings. The molecule has 1 aliphatic rings. The van der Waals surface area contributed by atoms with Gasteiger partial charge in [-0.15, -0.1) is 0 Å². The lowest BCUT2D eigenvalue weighted by Gasteiger charge is -2.28. The van der Waals surface area contributed by atoms with Gasteiger partial charge in [0.2, 0.25) is 0 Å². The Kier molecular flexibility index (Phi) is 1.77. The topological polar surface area (TPSA) is 32.3 Å². The van der Waals surface area contributed by atoms with Crippen molar-refractivity contribution in [3.8, 4) is 0 Å². The minimum atomic E-state index is -0.303. The predicted molar refractivity (Wildman–Crippen MR) is 49.1 cm³/mol. The average Bonchev–Trinajstić information content (AvgIpc) is 2.12. The molecule has 2 rings (SSSR count). The molecule has 1 aromatic carbocycles. The maximum absolute atomic E-state index is 9.79. The summed E-state index contributed by atoms with van der Waals surface area (Å²) in [6.07, 6.45) is -0.303. The minimum absolute atomic E-state index is 0.303. The van der Waals surface area contributed by atoms with Gasteiger partial charge < -0.3 is 10.4 Å². The van der Waals surface area contributed by atoms with Crippen LogP contribution in [0.25, 0.3) is 0 Å². The molecule has 0 saturated heterocycles.